The van der Waals surface area contributed by atoms with Crippen LogP contribution in [0.2, 0.25) is 0 Å². The van der Waals surface area contributed by atoms with E-state index in [1.165, 1.54) is 7.05 Å². The molecule has 0 spiro atoms. The number of carbonyl (C=O) groups excluding carboxylic acids is 1. The SMILES string of the molecule is Cn1nc(C(=O)N(Cc2ccccc2)c2ccccc2)[nH]c1=O. The minimum atomic E-state index is -0.416. The Kier molecular flexibility index (Phi) is 4.05. The maximum atomic E-state index is 12.8. The zero-order valence-corrected chi connectivity index (χ0v) is 12.6. The van der Waals surface area contributed by atoms with E-state index in [4.69, 9.17) is 0 Å². The summed E-state index contributed by atoms with van der Waals surface area (Å²) in [6.45, 7) is 0.391. The van der Waals surface area contributed by atoms with Gasteiger partial charge in [0.2, 0.25) is 5.82 Å². The van der Waals surface area contributed by atoms with Crippen LogP contribution in [-0.4, -0.2) is 20.7 Å². The lowest BCUT2D eigenvalue weighted by Gasteiger charge is -2.21. The maximum absolute atomic E-state index is 12.8. The Morgan fingerprint density at radius 2 is 1.70 bits per heavy atom. The van der Waals surface area contributed by atoms with Crippen molar-refractivity contribution >= 4 is 11.6 Å². The second kappa shape index (κ2) is 6.31. The molecule has 6 heteroatoms. The summed E-state index contributed by atoms with van der Waals surface area (Å²) in [5.41, 5.74) is 1.32. The summed E-state index contributed by atoms with van der Waals surface area (Å²) in [6, 6.07) is 19.0. The normalized spacial score (nSPS) is 10.5. The Balaban J connectivity index is 1.98. The number of aryl methyl sites for hydroxylation is 1. The van der Waals surface area contributed by atoms with Crippen LogP contribution >= 0.6 is 0 Å². The van der Waals surface area contributed by atoms with Crippen LogP contribution in [0.4, 0.5) is 5.69 Å². The number of amides is 1. The van der Waals surface area contributed by atoms with E-state index >= 15 is 0 Å². The summed E-state index contributed by atoms with van der Waals surface area (Å²) in [6.07, 6.45) is 0. The topological polar surface area (TPSA) is 71.0 Å². The highest BCUT2D eigenvalue weighted by molar-refractivity contribution is 6.03. The summed E-state index contributed by atoms with van der Waals surface area (Å²) in [7, 11) is 1.50. The molecule has 1 heterocycles. The first-order valence-electron chi connectivity index (χ1n) is 7.19. The summed E-state index contributed by atoms with van der Waals surface area (Å²) in [5.74, 6) is -0.324. The Morgan fingerprint density at radius 1 is 1.09 bits per heavy atom. The molecule has 0 fully saturated rings. The lowest BCUT2D eigenvalue weighted by molar-refractivity contribution is 0.0975. The molecule has 0 bridgehead atoms. The molecule has 23 heavy (non-hydrogen) atoms. The molecule has 1 N–H and O–H groups in total. The Bertz CT molecular complexity index is 853. The molecule has 0 atom stereocenters. The number of hydrogen-bond acceptors (Lipinski definition) is 3. The largest absolute Gasteiger partial charge is 0.343 e. The fraction of sp³-hybridized carbons (Fsp3) is 0.118. The number of nitrogens with one attached hydrogen (secondary N) is 1. The lowest BCUT2D eigenvalue weighted by Crippen LogP contribution is -2.31. The first-order chi connectivity index (χ1) is 11.1. The summed E-state index contributed by atoms with van der Waals surface area (Å²) < 4.78 is 1.11. The molecule has 0 unspecified atom stereocenters. The second-order valence-corrected chi connectivity index (χ2v) is 5.11. The van der Waals surface area contributed by atoms with Gasteiger partial charge < -0.3 is 4.90 Å². The molecule has 3 rings (SSSR count). The van der Waals surface area contributed by atoms with Gasteiger partial charge in [-0.05, 0) is 17.7 Å². The molecule has 1 aromatic heterocycles. The molecule has 0 saturated carbocycles. The molecule has 0 aliphatic carbocycles. The van der Waals surface area contributed by atoms with Gasteiger partial charge in [0.15, 0.2) is 0 Å². The quantitative estimate of drug-likeness (QED) is 0.801. The Labute approximate surface area is 133 Å². The van der Waals surface area contributed by atoms with Crippen molar-refractivity contribution in [2.45, 2.75) is 6.54 Å². The van der Waals surface area contributed by atoms with Crippen LogP contribution in [0.5, 0.6) is 0 Å². The maximum Gasteiger partial charge on any atom is 0.343 e. The van der Waals surface area contributed by atoms with Crippen LogP contribution in [0.1, 0.15) is 16.2 Å². The lowest BCUT2D eigenvalue weighted by atomic mass is 10.2. The Hall–Kier alpha value is -3.15. The van der Waals surface area contributed by atoms with Crippen LogP contribution < -0.4 is 10.6 Å². The van der Waals surface area contributed by atoms with Crippen LogP contribution in [0, 0.1) is 0 Å². The highest BCUT2D eigenvalue weighted by Gasteiger charge is 2.21. The molecule has 116 valence electrons. The minimum Gasteiger partial charge on any atom is -0.301 e. The van der Waals surface area contributed by atoms with E-state index in [1.807, 2.05) is 60.7 Å². The minimum absolute atomic E-state index is 0.0253. The van der Waals surface area contributed by atoms with Gasteiger partial charge >= 0.3 is 5.69 Å². The number of carbonyl (C=O) groups is 1. The van der Waals surface area contributed by atoms with Gasteiger partial charge in [-0.1, -0.05) is 48.5 Å². The van der Waals surface area contributed by atoms with Gasteiger partial charge in [0.25, 0.3) is 5.91 Å². The van der Waals surface area contributed by atoms with E-state index in [0.29, 0.717) is 6.54 Å². The highest BCUT2D eigenvalue weighted by Crippen LogP contribution is 2.18. The van der Waals surface area contributed by atoms with E-state index in [9.17, 15) is 9.59 Å². The molecule has 0 saturated heterocycles. The first-order valence-corrected chi connectivity index (χ1v) is 7.19. The molecule has 0 aliphatic rings. The monoisotopic (exact) mass is 308 g/mol. The van der Waals surface area contributed by atoms with Crippen molar-refractivity contribution in [3.63, 3.8) is 0 Å². The van der Waals surface area contributed by atoms with Crippen molar-refractivity contribution in [2.75, 3.05) is 4.90 Å². The van der Waals surface area contributed by atoms with Crippen molar-refractivity contribution < 1.29 is 4.79 Å². The number of anilines is 1. The van der Waals surface area contributed by atoms with E-state index in [2.05, 4.69) is 10.1 Å². The standard InChI is InChI=1S/C17H16N4O2/c1-20-17(23)18-15(19-20)16(22)21(14-10-6-3-7-11-14)12-13-8-4-2-5-9-13/h2-11H,12H2,1H3,(H,18,19,23). The van der Waals surface area contributed by atoms with E-state index in [0.717, 1.165) is 15.9 Å². The van der Waals surface area contributed by atoms with Crippen LogP contribution in [-0.2, 0) is 13.6 Å². The van der Waals surface area contributed by atoms with Gasteiger partial charge in [-0.3, -0.25) is 9.78 Å². The zero-order chi connectivity index (χ0) is 16.2. The number of H-pyrrole nitrogens is 1. The zero-order valence-electron chi connectivity index (χ0n) is 12.6. The number of nitrogens with zero attached hydrogens (tertiary/aromatic N) is 3. The van der Waals surface area contributed by atoms with Crippen molar-refractivity contribution in [3.05, 3.63) is 82.5 Å². The highest BCUT2D eigenvalue weighted by atomic mass is 16.2. The van der Waals surface area contributed by atoms with Crippen LogP contribution in [0.25, 0.3) is 0 Å². The molecule has 3 aromatic rings. The number of rotatable bonds is 4. The fourth-order valence-corrected chi connectivity index (χ4v) is 2.28. The molecular weight excluding hydrogens is 292 g/mol. The van der Waals surface area contributed by atoms with Crippen LogP contribution in [0.15, 0.2) is 65.5 Å². The molecule has 2 aromatic carbocycles. The van der Waals surface area contributed by atoms with Gasteiger partial charge in [-0.2, -0.15) is 0 Å². The van der Waals surface area contributed by atoms with Gasteiger partial charge in [-0.15, -0.1) is 5.10 Å². The number of para-hydroxylation sites is 1. The van der Waals surface area contributed by atoms with E-state index in [1.54, 1.807) is 4.90 Å². The summed E-state index contributed by atoms with van der Waals surface area (Å²) in [5, 5.41) is 3.96. The third-order valence-electron chi connectivity index (χ3n) is 3.47. The van der Waals surface area contributed by atoms with Crippen molar-refractivity contribution in [2.24, 2.45) is 7.05 Å². The van der Waals surface area contributed by atoms with Crippen LogP contribution in [0.3, 0.4) is 0 Å². The molecule has 1 amide bonds. The first kappa shape index (κ1) is 14.8. The van der Waals surface area contributed by atoms with E-state index < -0.39 is 5.69 Å². The van der Waals surface area contributed by atoms with Crippen molar-refractivity contribution in [1.29, 1.82) is 0 Å². The third kappa shape index (κ3) is 3.21. The van der Waals surface area contributed by atoms with Crippen molar-refractivity contribution in [1.82, 2.24) is 14.8 Å². The number of aromatic nitrogens is 3. The number of hydrogen-bond donors (Lipinski definition) is 1. The predicted molar refractivity (Wildman–Crippen MR) is 87.2 cm³/mol. The van der Waals surface area contributed by atoms with Gasteiger partial charge in [-0.25, -0.2) is 9.48 Å². The molecule has 0 radical (unpaired) electrons. The third-order valence-corrected chi connectivity index (χ3v) is 3.47. The molecule has 6 nitrogen and oxygen atoms in total. The van der Waals surface area contributed by atoms with E-state index in [-0.39, 0.29) is 11.7 Å². The summed E-state index contributed by atoms with van der Waals surface area (Å²) in [4.78, 5) is 28.4. The van der Waals surface area contributed by atoms with Gasteiger partial charge in [0.1, 0.15) is 0 Å². The molecular formula is C17H16N4O2. The average molecular weight is 308 g/mol. The van der Waals surface area contributed by atoms with Crippen molar-refractivity contribution in [3.8, 4) is 0 Å². The predicted octanol–water partition coefficient (Wildman–Crippen LogP) is 1.96. The Morgan fingerprint density at radius 3 is 2.26 bits per heavy atom. The average Bonchev–Trinajstić information content (AvgIpc) is 2.93. The second-order valence-electron chi connectivity index (χ2n) is 5.11. The smallest absolute Gasteiger partial charge is 0.301 e. The fourth-order valence-electron chi connectivity index (χ4n) is 2.28. The van der Waals surface area contributed by atoms with Gasteiger partial charge in [0, 0.05) is 12.7 Å². The number of benzene rings is 2. The number of aromatic amines is 1. The summed E-state index contributed by atoms with van der Waals surface area (Å²) >= 11 is 0. The molecule has 0 aliphatic heterocycles. The van der Waals surface area contributed by atoms with Gasteiger partial charge in [0.05, 0.1) is 6.54 Å².